The van der Waals surface area contributed by atoms with E-state index in [1.54, 1.807) is 24.3 Å². The number of hydrogen-bond acceptors (Lipinski definition) is 8. The van der Waals surface area contributed by atoms with Crippen molar-refractivity contribution in [1.29, 1.82) is 0 Å². The average Bonchev–Trinajstić information content (AvgIpc) is 3.11. The smallest absolute Gasteiger partial charge is 0.267 e. The van der Waals surface area contributed by atoms with Crippen LogP contribution in [0.25, 0.3) is 11.7 Å². The summed E-state index contributed by atoms with van der Waals surface area (Å²) in [5, 5.41) is 12.2. The highest BCUT2D eigenvalue weighted by Gasteiger charge is 2.32. The molecule has 1 saturated heterocycles. The number of carbonyl (C=O) groups excluding carboxylic acids is 1. The summed E-state index contributed by atoms with van der Waals surface area (Å²) in [6, 6.07) is 11.3. The van der Waals surface area contributed by atoms with Crippen LogP contribution < -0.4 is 15.6 Å². The first kappa shape index (κ1) is 23.9. The lowest BCUT2D eigenvalue weighted by Crippen LogP contribution is -2.30. The number of hydrogen-bond donors (Lipinski definition) is 2. The number of nitrogens with zero attached hydrogens (tertiary/aromatic N) is 3. The van der Waals surface area contributed by atoms with Gasteiger partial charge in [0.1, 0.15) is 21.5 Å². The van der Waals surface area contributed by atoms with Gasteiger partial charge in [-0.1, -0.05) is 42.2 Å². The molecule has 2 N–H and O–H groups in total. The zero-order valence-electron chi connectivity index (χ0n) is 18.8. The van der Waals surface area contributed by atoms with Crippen molar-refractivity contribution in [2.75, 3.05) is 32.1 Å². The van der Waals surface area contributed by atoms with Gasteiger partial charge in [0, 0.05) is 19.3 Å². The number of anilines is 1. The van der Waals surface area contributed by atoms with E-state index in [1.165, 1.54) is 10.5 Å². The number of benzene rings is 1. The first-order valence-electron chi connectivity index (χ1n) is 10.7. The minimum absolute atomic E-state index is 0.123. The number of thioether (sulfide) groups is 1. The van der Waals surface area contributed by atoms with Crippen LogP contribution in [-0.4, -0.2) is 56.4 Å². The molecule has 8 nitrogen and oxygen atoms in total. The van der Waals surface area contributed by atoms with Crippen LogP contribution in [0.2, 0.25) is 0 Å². The molecule has 1 aliphatic heterocycles. The molecule has 3 aromatic rings. The second-order valence-corrected chi connectivity index (χ2v) is 9.37. The Morgan fingerprint density at radius 2 is 1.97 bits per heavy atom. The van der Waals surface area contributed by atoms with Crippen LogP contribution in [0.15, 0.2) is 52.3 Å². The van der Waals surface area contributed by atoms with Gasteiger partial charge in [-0.15, -0.1) is 0 Å². The van der Waals surface area contributed by atoms with Crippen molar-refractivity contribution in [1.82, 2.24) is 14.3 Å². The number of thiocarbonyl (C=S) groups is 1. The highest BCUT2D eigenvalue weighted by Crippen LogP contribution is 2.33. The molecular formula is C24H24N4O4S2. The number of ether oxygens (including phenoxy) is 1. The van der Waals surface area contributed by atoms with Crippen molar-refractivity contribution < 1.29 is 14.6 Å². The third-order valence-electron chi connectivity index (χ3n) is 5.34. The molecule has 0 radical (unpaired) electrons. The van der Waals surface area contributed by atoms with Gasteiger partial charge in [-0.3, -0.25) is 18.9 Å². The fourth-order valence-corrected chi connectivity index (χ4v) is 4.85. The fraction of sp³-hybridized carbons (Fsp3) is 0.250. The molecule has 2 aromatic heterocycles. The molecule has 0 aliphatic carbocycles. The number of aromatic nitrogens is 2. The molecule has 34 heavy (non-hydrogen) atoms. The predicted octanol–water partition coefficient (Wildman–Crippen LogP) is 2.86. The van der Waals surface area contributed by atoms with Crippen LogP contribution in [0.1, 0.15) is 16.7 Å². The normalized spacial score (nSPS) is 14.9. The maximum Gasteiger partial charge on any atom is 0.267 e. The number of aliphatic hydroxyl groups is 1. The summed E-state index contributed by atoms with van der Waals surface area (Å²) in [6.07, 6.45) is 3.88. The molecule has 1 aliphatic rings. The van der Waals surface area contributed by atoms with E-state index in [2.05, 4.69) is 10.3 Å². The lowest BCUT2D eigenvalue weighted by molar-refractivity contribution is -0.122. The van der Waals surface area contributed by atoms with Gasteiger partial charge in [-0.05, 0) is 48.7 Å². The van der Waals surface area contributed by atoms with E-state index in [0.29, 0.717) is 33.7 Å². The Morgan fingerprint density at radius 3 is 2.68 bits per heavy atom. The number of rotatable bonds is 8. The summed E-state index contributed by atoms with van der Waals surface area (Å²) in [7, 11) is 1.62. The lowest BCUT2D eigenvalue weighted by atomic mass is 10.1. The van der Waals surface area contributed by atoms with E-state index in [1.807, 2.05) is 37.3 Å². The first-order chi connectivity index (χ1) is 16.4. The number of aryl methyl sites for hydroxylation is 1. The number of carbonyl (C=O) groups is 1. The molecule has 0 saturated carbocycles. The quantitative estimate of drug-likeness (QED) is 0.363. The largest absolute Gasteiger partial charge is 0.497 e. The van der Waals surface area contributed by atoms with Gasteiger partial charge in [0.2, 0.25) is 0 Å². The molecule has 1 amide bonds. The Morgan fingerprint density at radius 1 is 1.21 bits per heavy atom. The minimum Gasteiger partial charge on any atom is -0.497 e. The van der Waals surface area contributed by atoms with Crippen LogP contribution in [0.5, 0.6) is 5.75 Å². The Labute approximate surface area is 206 Å². The van der Waals surface area contributed by atoms with E-state index in [4.69, 9.17) is 17.0 Å². The first-order valence-corrected chi connectivity index (χ1v) is 11.9. The molecule has 4 rings (SSSR count). The third-order valence-corrected chi connectivity index (χ3v) is 6.72. The number of methoxy groups -OCH3 is 1. The van der Waals surface area contributed by atoms with Crippen LogP contribution in [-0.2, 0) is 11.2 Å². The van der Waals surface area contributed by atoms with Crippen LogP contribution in [0, 0.1) is 6.92 Å². The molecule has 0 unspecified atom stereocenters. The summed E-state index contributed by atoms with van der Waals surface area (Å²) >= 11 is 6.62. The van der Waals surface area contributed by atoms with Crippen molar-refractivity contribution in [2.24, 2.45) is 0 Å². The summed E-state index contributed by atoms with van der Waals surface area (Å²) in [5.74, 6) is 0.838. The van der Waals surface area contributed by atoms with Gasteiger partial charge in [0.25, 0.3) is 11.5 Å². The van der Waals surface area contributed by atoms with Crippen molar-refractivity contribution in [2.45, 2.75) is 13.3 Å². The van der Waals surface area contributed by atoms with E-state index < -0.39 is 0 Å². The van der Waals surface area contributed by atoms with Crippen LogP contribution in [0.3, 0.4) is 0 Å². The van der Waals surface area contributed by atoms with Crippen molar-refractivity contribution >= 4 is 51.7 Å². The molecular weight excluding hydrogens is 472 g/mol. The standard InChI is InChI=1S/C24H24N4O4S2/c1-15-3-8-20-26-21(25-10-12-29)18(22(30)28(20)14-15)13-19-23(31)27(24(33)34-19)11-9-16-4-6-17(32-2)7-5-16/h3-8,13-14,25,29H,9-12H2,1-2H3/b19-13-. The summed E-state index contributed by atoms with van der Waals surface area (Å²) < 4.78 is 7.08. The van der Waals surface area contributed by atoms with Crippen molar-refractivity contribution in [3.63, 3.8) is 0 Å². The minimum atomic E-state index is -0.308. The molecule has 3 heterocycles. The molecule has 0 spiro atoms. The maximum atomic E-state index is 13.3. The van der Waals surface area contributed by atoms with E-state index in [-0.39, 0.29) is 30.2 Å². The highest BCUT2D eigenvalue weighted by atomic mass is 32.2. The number of amides is 1. The molecule has 0 atom stereocenters. The van der Waals surface area contributed by atoms with E-state index in [0.717, 1.165) is 28.6 Å². The van der Waals surface area contributed by atoms with Gasteiger partial charge >= 0.3 is 0 Å². The topological polar surface area (TPSA) is 96.2 Å². The highest BCUT2D eigenvalue weighted by molar-refractivity contribution is 8.26. The zero-order valence-corrected chi connectivity index (χ0v) is 20.4. The van der Waals surface area contributed by atoms with Gasteiger partial charge in [-0.2, -0.15) is 0 Å². The Kier molecular flexibility index (Phi) is 7.30. The van der Waals surface area contributed by atoms with E-state index in [9.17, 15) is 14.7 Å². The Balaban J connectivity index is 1.63. The Hall–Kier alpha value is -3.21. The molecule has 0 bridgehead atoms. The molecule has 1 aromatic carbocycles. The Bertz CT molecular complexity index is 1340. The fourth-order valence-electron chi connectivity index (χ4n) is 3.55. The van der Waals surface area contributed by atoms with Gasteiger partial charge in [-0.25, -0.2) is 4.98 Å². The number of nitrogens with one attached hydrogen (secondary N) is 1. The number of pyridine rings is 1. The average molecular weight is 497 g/mol. The lowest BCUT2D eigenvalue weighted by Gasteiger charge is -2.14. The molecule has 1 fully saturated rings. The van der Waals surface area contributed by atoms with Crippen molar-refractivity contribution in [3.8, 4) is 5.75 Å². The van der Waals surface area contributed by atoms with Gasteiger partial charge in [0.15, 0.2) is 0 Å². The third kappa shape index (κ3) is 4.98. The summed E-state index contributed by atoms with van der Waals surface area (Å²) in [4.78, 5) is 32.9. The number of aliphatic hydroxyl groups excluding tert-OH is 1. The van der Waals surface area contributed by atoms with Gasteiger partial charge < -0.3 is 15.2 Å². The SMILES string of the molecule is COc1ccc(CCN2C(=O)/C(=C/c3c(NCCO)nc4ccc(C)cn4c3=O)SC2=S)cc1. The predicted molar refractivity (Wildman–Crippen MR) is 138 cm³/mol. The van der Waals surface area contributed by atoms with E-state index >= 15 is 0 Å². The van der Waals surface area contributed by atoms with Crippen molar-refractivity contribution in [3.05, 3.63) is 74.5 Å². The van der Waals surface area contributed by atoms with Crippen LogP contribution >= 0.6 is 24.0 Å². The zero-order chi connectivity index (χ0) is 24.2. The summed E-state index contributed by atoms with van der Waals surface area (Å²) in [6.45, 7) is 2.41. The number of fused-ring (bicyclic) bond motifs is 1. The maximum absolute atomic E-state index is 13.3. The van der Waals surface area contributed by atoms with Gasteiger partial charge in [0.05, 0.1) is 24.2 Å². The molecule has 10 heteroatoms. The molecule has 176 valence electrons. The summed E-state index contributed by atoms with van der Waals surface area (Å²) in [5.41, 5.74) is 2.37. The second kappa shape index (κ2) is 10.4. The van der Waals surface area contributed by atoms with Crippen LogP contribution in [0.4, 0.5) is 5.82 Å². The second-order valence-electron chi connectivity index (χ2n) is 7.70. The monoisotopic (exact) mass is 496 g/mol.